The number of aliphatic hydroxyl groups excluding tert-OH is 3. The second-order valence-corrected chi connectivity index (χ2v) is 3.58. The molecular formula is C5H12B2O5. The molecule has 4 atom stereocenters. The zero-order valence-corrected chi connectivity index (χ0v) is 7.01. The summed E-state index contributed by atoms with van der Waals surface area (Å²) in [5.41, 5.74) is 0. The highest BCUT2D eigenvalue weighted by Crippen LogP contribution is 2.24. The standard InChI is InChI=1S/C5H12B2O5/c6-5(7,11)3-1(8)2(9)4(10)12-3/h1-4,8-11H,6-7H2/t1?,2?,3-,4?/m0/s1. The van der Waals surface area contributed by atoms with E-state index in [9.17, 15) is 10.2 Å². The van der Waals surface area contributed by atoms with Crippen LogP contribution in [0.1, 0.15) is 0 Å². The van der Waals surface area contributed by atoms with Crippen LogP contribution in [0.25, 0.3) is 0 Å². The van der Waals surface area contributed by atoms with E-state index in [0.29, 0.717) is 0 Å². The molecule has 1 rings (SSSR count). The van der Waals surface area contributed by atoms with Crippen molar-refractivity contribution < 1.29 is 25.2 Å². The molecule has 0 saturated carbocycles. The average Bonchev–Trinajstić information content (AvgIpc) is 2.15. The third-order valence-electron chi connectivity index (χ3n) is 1.93. The van der Waals surface area contributed by atoms with Gasteiger partial charge >= 0.3 is 0 Å². The molecule has 5 nitrogen and oxygen atoms in total. The molecule has 0 amide bonds. The van der Waals surface area contributed by atoms with Gasteiger partial charge in [0.25, 0.3) is 0 Å². The van der Waals surface area contributed by atoms with Crippen molar-refractivity contribution in [3.63, 3.8) is 0 Å². The highest BCUT2D eigenvalue weighted by atomic mass is 16.6. The second-order valence-electron chi connectivity index (χ2n) is 3.58. The van der Waals surface area contributed by atoms with Gasteiger partial charge in [-0.1, -0.05) is 0 Å². The molecule has 1 aliphatic rings. The Morgan fingerprint density at radius 1 is 1.08 bits per heavy atom. The Labute approximate surface area is 71.8 Å². The summed E-state index contributed by atoms with van der Waals surface area (Å²) in [5, 5.41) is 35.4. The lowest BCUT2D eigenvalue weighted by molar-refractivity contribution is -0.142. The van der Waals surface area contributed by atoms with Gasteiger partial charge in [0.1, 0.15) is 34.0 Å². The molecule has 0 aromatic rings. The van der Waals surface area contributed by atoms with Crippen LogP contribution in [0, 0.1) is 0 Å². The SMILES string of the molecule is BC(B)(O)[C@H]1OC(O)C(O)C1O. The Hall–Kier alpha value is -0.0701. The van der Waals surface area contributed by atoms with Gasteiger partial charge in [-0.3, -0.25) is 0 Å². The van der Waals surface area contributed by atoms with Crippen LogP contribution in [0.2, 0.25) is 0 Å². The van der Waals surface area contributed by atoms with Crippen molar-refractivity contribution in [2.24, 2.45) is 0 Å². The van der Waals surface area contributed by atoms with E-state index >= 15 is 0 Å². The number of hydrogen-bond acceptors (Lipinski definition) is 5. The van der Waals surface area contributed by atoms with E-state index in [-0.39, 0.29) is 0 Å². The van der Waals surface area contributed by atoms with E-state index in [0.717, 1.165) is 0 Å². The minimum atomic E-state index is -1.42. The highest BCUT2D eigenvalue weighted by molar-refractivity contribution is 6.39. The van der Waals surface area contributed by atoms with Crippen LogP contribution in [0.15, 0.2) is 0 Å². The van der Waals surface area contributed by atoms with Gasteiger partial charge in [0.05, 0.1) is 0 Å². The lowest BCUT2D eigenvalue weighted by Crippen LogP contribution is -2.50. The summed E-state index contributed by atoms with van der Waals surface area (Å²) >= 11 is 0. The maximum atomic E-state index is 9.42. The normalized spacial score (nSPS) is 43.3. The fraction of sp³-hybridized carbons (Fsp3) is 1.00. The molecule has 4 N–H and O–H groups in total. The van der Waals surface area contributed by atoms with Crippen LogP contribution in [-0.4, -0.2) is 66.1 Å². The van der Waals surface area contributed by atoms with Crippen LogP contribution in [0.4, 0.5) is 0 Å². The summed E-state index contributed by atoms with van der Waals surface area (Å²) in [4.78, 5) is 0. The average molecular weight is 174 g/mol. The molecule has 1 heterocycles. The summed E-state index contributed by atoms with van der Waals surface area (Å²) in [5.74, 6) is 0. The van der Waals surface area contributed by atoms with Crippen LogP contribution in [0.5, 0.6) is 0 Å². The lowest BCUT2D eigenvalue weighted by atomic mass is 9.61. The second kappa shape index (κ2) is 3.01. The number of aliphatic hydroxyl groups is 4. The van der Waals surface area contributed by atoms with Gasteiger partial charge < -0.3 is 25.2 Å². The van der Waals surface area contributed by atoms with Crippen molar-refractivity contribution in [1.29, 1.82) is 0 Å². The molecule has 3 unspecified atom stereocenters. The Bertz CT molecular complexity index is 170. The largest absolute Gasteiger partial charge is 0.405 e. The summed E-state index contributed by atoms with van der Waals surface area (Å²) in [6.45, 7) is 0. The first-order valence-corrected chi connectivity index (χ1v) is 3.76. The Morgan fingerprint density at radius 3 is 1.75 bits per heavy atom. The Balaban J connectivity index is 2.71. The fourth-order valence-electron chi connectivity index (χ4n) is 1.24. The first-order chi connectivity index (χ1) is 5.34. The number of hydrogen-bond donors (Lipinski definition) is 4. The van der Waals surface area contributed by atoms with Crippen LogP contribution in [0.3, 0.4) is 0 Å². The van der Waals surface area contributed by atoms with E-state index in [4.69, 9.17) is 14.9 Å². The van der Waals surface area contributed by atoms with E-state index < -0.39 is 30.0 Å². The predicted octanol–water partition coefficient (Wildman–Crippen LogP) is -4.66. The minimum Gasteiger partial charge on any atom is -0.405 e. The Morgan fingerprint density at radius 2 is 1.58 bits per heavy atom. The van der Waals surface area contributed by atoms with E-state index in [2.05, 4.69) is 0 Å². The van der Waals surface area contributed by atoms with E-state index in [1.807, 2.05) is 0 Å². The molecule has 0 aromatic heterocycles. The molecule has 0 spiro atoms. The molecule has 7 heteroatoms. The van der Waals surface area contributed by atoms with Crippen molar-refractivity contribution >= 4 is 15.7 Å². The minimum absolute atomic E-state index is 0.956. The lowest BCUT2D eigenvalue weighted by Gasteiger charge is -2.27. The smallest absolute Gasteiger partial charge is 0.184 e. The van der Waals surface area contributed by atoms with Crippen molar-refractivity contribution in [3.05, 3.63) is 0 Å². The van der Waals surface area contributed by atoms with Gasteiger partial charge in [-0.05, 0) is 0 Å². The van der Waals surface area contributed by atoms with Gasteiger partial charge in [-0.15, -0.1) is 0 Å². The van der Waals surface area contributed by atoms with E-state index in [1.54, 1.807) is 0 Å². The van der Waals surface area contributed by atoms with Crippen molar-refractivity contribution in [2.45, 2.75) is 30.0 Å². The maximum absolute atomic E-state index is 9.42. The summed E-state index contributed by atoms with van der Waals surface area (Å²) < 4.78 is 4.76. The highest BCUT2D eigenvalue weighted by Gasteiger charge is 2.47. The van der Waals surface area contributed by atoms with Crippen LogP contribution < -0.4 is 0 Å². The van der Waals surface area contributed by atoms with Crippen LogP contribution >= 0.6 is 0 Å². The van der Waals surface area contributed by atoms with Crippen molar-refractivity contribution in [3.8, 4) is 0 Å². The van der Waals surface area contributed by atoms with Gasteiger partial charge in [0.2, 0.25) is 0 Å². The molecule has 0 bridgehead atoms. The molecule has 1 saturated heterocycles. The van der Waals surface area contributed by atoms with Crippen molar-refractivity contribution in [2.75, 3.05) is 0 Å². The topological polar surface area (TPSA) is 90.2 Å². The molecule has 1 aliphatic heterocycles. The molecule has 0 aromatic carbocycles. The molecular weight excluding hydrogens is 162 g/mol. The third-order valence-corrected chi connectivity index (χ3v) is 1.93. The first kappa shape index (κ1) is 10.0. The van der Waals surface area contributed by atoms with Crippen LogP contribution in [-0.2, 0) is 4.74 Å². The van der Waals surface area contributed by atoms with Crippen molar-refractivity contribution in [1.82, 2.24) is 0 Å². The maximum Gasteiger partial charge on any atom is 0.184 e. The quantitative estimate of drug-likeness (QED) is 0.300. The monoisotopic (exact) mass is 174 g/mol. The zero-order chi connectivity index (χ0) is 9.52. The summed E-state index contributed by atoms with van der Waals surface area (Å²) in [7, 11) is 2.87. The zero-order valence-electron chi connectivity index (χ0n) is 7.01. The molecule has 0 aliphatic carbocycles. The Kier molecular flexibility index (Phi) is 2.51. The molecule has 1 fully saturated rings. The predicted molar refractivity (Wildman–Crippen MR) is 44.9 cm³/mol. The molecule has 68 valence electrons. The fourth-order valence-corrected chi connectivity index (χ4v) is 1.24. The van der Waals surface area contributed by atoms with Gasteiger partial charge in [-0.25, -0.2) is 0 Å². The number of rotatable bonds is 1. The molecule has 0 radical (unpaired) electrons. The van der Waals surface area contributed by atoms with Gasteiger partial charge in [0, 0.05) is 5.40 Å². The van der Waals surface area contributed by atoms with E-state index in [1.165, 1.54) is 15.7 Å². The first-order valence-electron chi connectivity index (χ1n) is 3.76. The third kappa shape index (κ3) is 1.65. The summed E-state index contributed by atoms with van der Waals surface area (Å²) in [6.07, 6.45) is -4.97. The summed E-state index contributed by atoms with van der Waals surface area (Å²) in [6, 6.07) is 0. The van der Waals surface area contributed by atoms with Gasteiger partial charge in [0.15, 0.2) is 6.29 Å². The molecule has 12 heavy (non-hydrogen) atoms. The number of ether oxygens (including phenoxy) is 1. The van der Waals surface area contributed by atoms with Gasteiger partial charge in [-0.2, -0.15) is 0 Å².